The zero-order valence-corrected chi connectivity index (χ0v) is 15.4. The van der Waals surface area contributed by atoms with Crippen molar-refractivity contribution in [1.82, 2.24) is 9.97 Å². The van der Waals surface area contributed by atoms with Crippen LogP contribution < -0.4 is 0 Å². The minimum Gasteiger partial charge on any atom is -0.262 e. The standard InChI is InChI=1S/C16H8N8.C4H4N2/c1-2-10-17-9(1)21-11-3-4-13(18-11)23-15-7-8-16(20-15)24-14-6-5-12(19-14)22-10;1-2-6-4-3-5-1/h1-8H;1-4H/b21-9-,21-11?,22-10?,22-12-,23-13-,23-15?,24-14?,24-16-;. The van der Waals surface area contributed by atoms with Crippen molar-refractivity contribution in [3.8, 4) is 0 Å². The van der Waals surface area contributed by atoms with Gasteiger partial charge >= 0.3 is 0 Å². The molecule has 8 bridgehead atoms. The molecule has 142 valence electrons. The molecule has 0 unspecified atom stereocenters. The Bertz CT molecular complexity index is 1050. The largest absolute Gasteiger partial charge is 0.262 e. The van der Waals surface area contributed by atoms with Gasteiger partial charge in [0, 0.05) is 24.8 Å². The molecule has 6 heterocycles. The number of rotatable bonds is 0. The Morgan fingerprint density at radius 1 is 0.267 bits per heavy atom. The van der Waals surface area contributed by atoms with Crippen molar-refractivity contribution in [2.24, 2.45) is 39.9 Å². The van der Waals surface area contributed by atoms with Gasteiger partial charge in [0.15, 0.2) is 46.7 Å². The molecule has 5 aliphatic rings. The number of fused-ring (bicyclic) bond motifs is 4. The van der Waals surface area contributed by atoms with Gasteiger partial charge in [0.25, 0.3) is 0 Å². The monoisotopic (exact) mass is 392 g/mol. The van der Waals surface area contributed by atoms with Crippen LogP contribution in [0, 0.1) is 0 Å². The third-order valence-electron chi connectivity index (χ3n) is 3.84. The van der Waals surface area contributed by atoms with Crippen LogP contribution in [0.4, 0.5) is 0 Å². The summed E-state index contributed by atoms with van der Waals surface area (Å²) in [7, 11) is 0. The van der Waals surface area contributed by atoms with E-state index in [4.69, 9.17) is 0 Å². The van der Waals surface area contributed by atoms with Crippen LogP contribution in [0.1, 0.15) is 0 Å². The Morgan fingerprint density at radius 2 is 0.433 bits per heavy atom. The smallest absolute Gasteiger partial charge is 0.156 e. The van der Waals surface area contributed by atoms with E-state index in [0.29, 0.717) is 46.7 Å². The number of hydrogen-bond donors (Lipinski definition) is 0. The van der Waals surface area contributed by atoms with Gasteiger partial charge in [-0.15, -0.1) is 0 Å². The molecule has 0 atom stereocenters. The third-order valence-corrected chi connectivity index (χ3v) is 3.84. The third kappa shape index (κ3) is 4.12. The van der Waals surface area contributed by atoms with Crippen LogP contribution in [-0.2, 0) is 0 Å². The van der Waals surface area contributed by atoms with E-state index in [-0.39, 0.29) is 0 Å². The summed E-state index contributed by atoms with van der Waals surface area (Å²) in [6.07, 6.45) is 20.8. The molecule has 0 aromatic carbocycles. The SMILES string of the molecule is C1=C/C2=N/C3=NC(=N\C4=NC(=N\C5=NC(=N\C1=N2)/C=C5)/C=C4)/C=C3.c1cnccn1. The maximum atomic E-state index is 4.37. The highest BCUT2D eigenvalue weighted by Crippen LogP contribution is 2.10. The molecular formula is C20H12N10. The summed E-state index contributed by atoms with van der Waals surface area (Å²) in [6.45, 7) is 0. The first-order chi connectivity index (χ1) is 14.8. The average molecular weight is 392 g/mol. The van der Waals surface area contributed by atoms with Gasteiger partial charge < -0.3 is 0 Å². The molecule has 0 radical (unpaired) electrons. The first kappa shape index (κ1) is 17.5. The maximum Gasteiger partial charge on any atom is 0.156 e. The molecule has 0 fully saturated rings. The van der Waals surface area contributed by atoms with Gasteiger partial charge in [-0.1, -0.05) is 0 Å². The lowest BCUT2D eigenvalue weighted by atomic mass is 10.4. The number of aliphatic imine (C=N–C) groups is 8. The number of nitrogens with zero attached hydrogens (tertiary/aromatic N) is 10. The molecule has 10 heteroatoms. The highest BCUT2D eigenvalue weighted by molar-refractivity contribution is 6.28. The highest BCUT2D eigenvalue weighted by atomic mass is 15.1. The normalized spacial score (nSPS) is 26.7. The van der Waals surface area contributed by atoms with Crippen molar-refractivity contribution in [3.05, 3.63) is 73.4 Å². The lowest BCUT2D eigenvalue weighted by Gasteiger charge is -1.92. The van der Waals surface area contributed by atoms with E-state index < -0.39 is 0 Å². The van der Waals surface area contributed by atoms with Crippen LogP contribution in [0.15, 0.2) is 113 Å². The van der Waals surface area contributed by atoms with Gasteiger partial charge in [0.1, 0.15) is 0 Å². The molecule has 0 saturated heterocycles. The number of aromatic nitrogens is 2. The van der Waals surface area contributed by atoms with Crippen LogP contribution in [0.2, 0.25) is 0 Å². The van der Waals surface area contributed by atoms with E-state index in [0.717, 1.165) is 0 Å². The Balaban J connectivity index is 0.000000279. The van der Waals surface area contributed by atoms with Crippen LogP contribution >= 0.6 is 0 Å². The molecule has 5 aliphatic heterocycles. The fourth-order valence-corrected chi connectivity index (χ4v) is 2.58. The van der Waals surface area contributed by atoms with Gasteiger partial charge in [-0.2, -0.15) is 0 Å². The van der Waals surface area contributed by atoms with Crippen molar-refractivity contribution >= 4 is 46.7 Å². The molecule has 0 saturated carbocycles. The van der Waals surface area contributed by atoms with Crippen LogP contribution in [-0.4, -0.2) is 56.7 Å². The minimum absolute atomic E-state index is 0.538. The van der Waals surface area contributed by atoms with E-state index in [1.54, 1.807) is 73.4 Å². The van der Waals surface area contributed by atoms with E-state index >= 15 is 0 Å². The molecular weight excluding hydrogens is 380 g/mol. The summed E-state index contributed by atoms with van der Waals surface area (Å²) in [5, 5.41) is 0. The number of amidine groups is 8. The maximum absolute atomic E-state index is 4.37. The second-order valence-corrected chi connectivity index (χ2v) is 5.99. The predicted molar refractivity (Wildman–Crippen MR) is 118 cm³/mol. The first-order valence-corrected chi connectivity index (χ1v) is 8.92. The Kier molecular flexibility index (Phi) is 4.55. The summed E-state index contributed by atoms with van der Waals surface area (Å²) < 4.78 is 0. The zero-order chi connectivity index (χ0) is 20.2. The summed E-state index contributed by atoms with van der Waals surface area (Å²) in [5.74, 6) is 4.30. The van der Waals surface area contributed by atoms with Gasteiger partial charge in [0.05, 0.1) is 0 Å². The topological polar surface area (TPSA) is 125 Å². The van der Waals surface area contributed by atoms with Crippen LogP contribution in [0.3, 0.4) is 0 Å². The fourth-order valence-electron chi connectivity index (χ4n) is 2.58. The van der Waals surface area contributed by atoms with E-state index in [2.05, 4.69) is 49.9 Å². The summed E-state index contributed by atoms with van der Waals surface area (Å²) >= 11 is 0. The summed E-state index contributed by atoms with van der Waals surface area (Å²) in [6, 6.07) is 0. The second kappa shape index (κ2) is 7.80. The van der Waals surface area contributed by atoms with E-state index in [1.165, 1.54) is 0 Å². The zero-order valence-electron chi connectivity index (χ0n) is 15.4. The summed E-state index contributed by atoms with van der Waals surface area (Å²) in [5.41, 5.74) is 0. The Morgan fingerprint density at radius 3 is 0.567 bits per heavy atom. The quantitative estimate of drug-likeness (QED) is 0.669. The Labute approximate surface area is 170 Å². The van der Waals surface area contributed by atoms with Gasteiger partial charge in [-0.3, -0.25) is 9.97 Å². The van der Waals surface area contributed by atoms with Crippen LogP contribution in [0.25, 0.3) is 0 Å². The molecule has 0 spiro atoms. The highest BCUT2D eigenvalue weighted by Gasteiger charge is 2.13. The van der Waals surface area contributed by atoms with Gasteiger partial charge in [-0.25, -0.2) is 39.9 Å². The fraction of sp³-hybridized carbons (Fsp3) is 0. The van der Waals surface area contributed by atoms with Crippen molar-refractivity contribution in [2.45, 2.75) is 0 Å². The van der Waals surface area contributed by atoms with Crippen molar-refractivity contribution < 1.29 is 0 Å². The predicted octanol–water partition coefficient (Wildman–Crippen LogP) is 1.94. The average Bonchev–Trinajstić information content (AvgIpc) is 3.56. The molecule has 10 nitrogen and oxygen atoms in total. The van der Waals surface area contributed by atoms with Crippen molar-refractivity contribution in [3.63, 3.8) is 0 Å². The lowest BCUT2D eigenvalue weighted by molar-refractivity contribution is 1.20. The molecule has 6 rings (SSSR count). The first-order valence-electron chi connectivity index (χ1n) is 8.92. The molecule has 0 amide bonds. The molecule has 0 N–H and O–H groups in total. The molecule has 1 aromatic heterocycles. The van der Waals surface area contributed by atoms with Crippen molar-refractivity contribution in [2.75, 3.05) is 0 Å². The van der Waals surface area contributed by atoms with Crippen molar-refractivity contribution in [1.29, 1.82) is 0 Å². The van der Waals surface area contributed by atoms with E-state index in [9.17, 15) is 0 Å². The van der Waals surface area contributed by atoms with E-state index in [1.807, 2.05) is 0 Å². The van der Waals surface area contributed by atoms with Gasteiger partial charge in [-0.05, 0) is 48.6 Å². The minimum atomic E-state index is 0.538. The molecule has 30 heavy (non-hydrogen) atoms. The molecule has 1 aromatic rings. The van der Waals surface area contributed by atoms with Crippen LogP contribution in [0.5, 0.6) is 0 Å². The summed E-state index contributed by atoms with van der Waals surface area (Å²) in [4.78, 5) is 42.2. The second-order valence-electron chi connectivity index (χ2n) is 5.99. The Hall–Kier alpha value is -4.60. The lowest BCUT2D eigenvalue weighted by Crippen LogP contribution is -1.98. The molecule has 0 aliphatic carbocycles. The van der Waals surface area contributed by atoms with Gasteiger partial charge in [0.2, 0.25) is 0 Å². The number of hydrogen-bond acceptors (Lipinski definition) is 10.